The molecule has 0 amide bonds. The SMILES string of the molecule is C=Cc1cc(O)ccc1C1=C(C)c2cc(O)ccc2OC1c1ccc(OCC(C)N2CCC(C)C2)cc1. The third-order valence-corrected chi connectivity index (χ3v) is 7.58. The van der Waals surface area contributed by atoms with Crippen LogP contribution in [0.1, 0.15) is 55.5 Å². The van der Waals surface area contributed by atoms with Crippen LogP contribution in [0.2, 0.25) is 0 Å². The molecule has 1 saturated heterocycles. The molecule has 1 fully saturated rings. The van der Waals surface area contributed by atoms with Gasteiger partial charge in [0.05, 0.1) is 0 Å². The molecule has 5 nitrogen and oxygen atoms in total. The number of hydrogen-bond acceptors (Lipinski definition) is 5. The third kappa shape index (κ3) is 5.09. The Morgan fingerprint density at radius 1 is 1.05 bits per heavy atom. The van der Waals surface area contributed by atoms with Gasteiger partial charge in [-0.05, 0) is 97.5 Å². The number of fused-ring (bicyclic) bond motifs is 1. The fraction of sp³-hybridized carbons (Fsp3) is 0.312. The molecule has 0 spiro atoms. The lowest BCUT2D eigenvalue weighted by Crippen LogP contribution is -2.35. The summed E-state index contributed by atoms with van der Waals surface area (Å²) in [6, 6.07) is 18.9. The molecule has 2 heterocycles. The Morgan fingerprint density at radius 2 is 1.78 bits per heavy atom. The first-order valence-corrected chi connectivity index (χ1v) is 13.0. The van der Waals surface area contributed by atoms with E-state index in [0.29, 0.717) is 12.6 Å². The van der Waals surface area contributed by atoms with Crippen LogP contribution in [0.4, 0.5) is 0 Å². The van der Waals surface area contributed by atoms with Gasteiger partial charge in [0.2, 0.25) is 0 Å². The molecule has 2 N–H and O–H groups in total. The molecule has 0 aromatic heterocycles. The summed E-state index contributed by atoms with van der Waals surface area (Å²) in [4.78, 5) is 2.50. The number of rotatable bonds is 7. The van der Waals surface area contributed by atoms with Crippen LogP contribution in [0, 0.1) is 5.92 Å². The first-order valence-electron chi connectivity index (χ1n) is 13.0. The van der Waals surface area contributed by atoms with E-state index in [0.717, 1.165) is 63.9 Å². The van der Waals surface area contributed by atoms with Crippen LogP contribution in [0.15, 0.2) is 67.2 Å². The van der Waals surface area contributed by atoms with Crippen LogP contribution < -0.4 is 9.47 Å². The van der Waals surface area contributed by atoms with Gasteiger partial charge in [-0.25, -0.2) is 0 Å². The van der Waals surface area contributed by atoms with Crippen molar-refractivity contribution in [1.29, 1.82) is 0 Å². The topological polar surface area (TPSA) is 62.2 Å². The van der Waals surface area contributed by atoms with Crippen molar-refractivity contribution in [3.63, 3.8) is 0 Å². The van der Waals surface area contributed by atoms with E-state index in [1.165, 1.54) is 6.42 Å². The summed E-state index contributed by atoms with van der Waals surface area (Å²) in [5.74, 6) is 2.68. The predicted molar refractivity (Wildman–Crippen MR) is 149 cm³/mol. The highest BCUT2D eigenvalue weighted by Crippen LogP contribution is 2.48. The van der Waals surface area contributed by atoms with Gasteiger partial charge in [0, 0.05) is 23.7 Å². The van der Waals surface area contributed by atoms with Crippen molar-refractivity contribution in [2.45, 2.75) is 39.3 Å². The van der Waals surface area contributed by atoms with Crippen LogP contribution >= 0.6 is 0 Å². The number of phenols is 2. The highest BCUT2D eigenvalue weighted by molar-refractivity contribution is 5.97. The second-order valence-electron chi connectivity index (χ2n) is 10.3. The maximum absolute atomic E-state index is 10.1. The van der Waals surface area contributed by atoms with Crippen molar-refractivity contribution in [3.8, 4) is 23.0 Å². The zero-order valence-corrected chi connectivity index (χ0v) is 21.8. The molecular weight excluding hydrogens is 462 g/mol. The highest BCUT2D eigenvalue weighted by Gasteiger charge is 2.31. The molecule has 3 atom stereocenters. The molecule has 3 aromatic carbocycles. The molecule has 2 aliphatic heterocycles. The van der Waals surface area contributed by atoms with Crippen LogP contribution in [0.3, 0.4) is 0 Å². The quantitative estimate of drug-likeness (QED) is 0.371. The lowest BCUT2D eigenvalue weighted by Gasteiger charge is -2.32. The van der Waals surface area contributed by atoms with Gasteiger partial charge in [-0.3, -0.25) is 4.90 Å². The fourth-order valence-electron chi connectivity index (χ4n) is 5.41. The summed E-state index contributed by atoms with van der Waals surface area (Å²) >= 11 is 0. The zero-order valence-electron chi connectivity index (χ0n) is 21.8. The Hall–Kier alpha value is -3.70. The maximum Gasteiger partial charge on any atom is 0.150 e. The first kappa shape index (κ1) is 25.0. The lowest BCUT2D eigenvalue weighted by atomic mass is 9.84. The molecule has 2 aliphatic rings. The van der Waals surface area contributed by atoms with E-state index < -0.39 is 0 Å². The van der Waals surface area contributed by atoms with Gasteiger partial charge in [0.1, 0.15) is 35.7 Å². The predicted octanol–water partition coefficient (Wildman–Crippen LogP) is 6.91. The van der Waals surface area contributed by atoms with Gasteiger partial charge in [-0.2, -0.15) is 0 Å². The number of likely N-dealkylation sites (tertiary alicyclic amines) is 1. The minimum Gasteiger partial charge on any atom is -0.508 e. The van der Waals surface area contributed by atoms with E-state index in [1.54, 1.807) is 36.4 Å². The average molecular weight is 498 g/mol. The summed E-state index contributed by atoms with van der Waals surface area (Å²) < 4.78 is 12.7. The molecule has 192 valence electrons. The van der Waals surface area contributed by atoms with Crippen molar-refractivity contribution >= 4 is 17.2 Å². The Morgan fingerprint density at radius 3 is 2.49 bits per heavy atom. The minimum atomic E-state index is -0.376. The number of allylic oxidation sites excluding steroid dienone is 1. The number of ether oxygens (including phenoxy) is 2. The second kappa shape index (κ2) is 10.3. The van der Waals surface area contributed by atoms with E-state index in [-0.39, 0.29) is 17.6 Å². The smallest absolute Gasteiger partial charge is 0.150 e. The molecular formula is C32H35NO4. The molecule has 0 aliphatic carbocycles. The van der Waals surface area contributed by atoms with Crippen molar-refractivity contribution < 1.29 is 19.7 Å². The van der Waals surface area contributed by atoms with Crippen molar-refractivity contribution in [3.05, 3.63) is 89.5 Å². The molecule has 0 bridgehead atoms. The Balaban J connectivity index is 1.45. The van der Waals surface area contributed by atoms with E-state index >= 15 is 0 Å². The summed E-state index contributed by atoms with van der Waals surface area (Å²) in [5.41, 5.74) is 5.56. The molecule has 0 radical (unpaired) electrons. The van der Waals surface area contributed by atoms with Gasteiger partial charge in [0.15, 0.2) is 0 Å². The summed E-state index contributed by atoms with van der Waals surface area (Å²) in [6.07, 6.45) is 2.62. The van der Waals surface area contributed by atoms with Crippen LogP contribution in [0.5, 0.6) is 23.0 Å². The van der Waals surface area contributed by atoms with Gasteiger partial charge < -0.3 is 19.7 Å². The van der Waals surface area contributed by atoms with Crippen molar-refractivity contribution in [2.24, 2.45) is 5.92 Å². The monoisotopic (exact) mass is 497 g/mol. The van der Waals surface area contributed by atoms with Crippen LogP contribution in [0.25, 0.3) is 17.2 Å². The van der Waals surface area contributed by atoms with E-state index in [1.807, 2.05) is 25.1 Å². The number of benzene rings is 3. The molecule has 3 aromatic rings. The summed E-state index contributed by atoms with van der Waals surface area (Å²) in [7, 11) is 0. The molecule has 37 heavy (non-hydrogen) atoms. The van der Waals surface area contributed by atoms with E-state index in [2.05, 4.69) is 37.5 Å². The van der Waals surface area contributed by atoms with Crippen LogP contribution in [-0.2, 0) is 0 Å². The maximum atomic E-state index is 10.1. The Bertz CT molecular complexity index is 1330. The molecule has 5 heteroatoms. The fourth-order valence-corrected chi connectivity index (χ4v) is 5.41. The number of aromatic hydroxyl groups is 2. The van der Waals surface area contributed by atoms with Gasteiger partial charge in [0.25, 0.3) is 0 Å². The average Bonchev–Trinajstić information content (AvgIpc) is 3.34. The van der Waals surface area contributed by atoms with Crippen LogP contribution in [-0.4, -0.2) is 40.9 Å². The van der Waals surface area contributed by atoms with Gasteiger partial charge >= 0.3 is 0 Å². The highest BCUT2D eigenvalue weighted by atomic mass is 16.5. The van der Waals surface area contributed by atoms with Crippen molar-refractivity contribution in [2.75, 3.05) is 19.7 Å². The van der Waals surface area contributed by atoms with E-state index in [4.69, 9.17) is 9.47 Å². The van der Waals surface area contributed by atoms with E-state index in [9.17, 15) is 10.2 Å². The normalized spacial score (nSPS) is 20.3. The molecule has 0 saturated carbocycles. The summed E-state index contributed by atoms with van der Waals surface area (Å²) in [5, 5.41) is 20.2. The standard InChI is InChI=1S/C32H35NO4/c1-5-23-16-25(34)8-12-28(23)31-22(4)29-17-26(35)9-13-30(29)37-32(31)24-6-10-27(11-7-24)36-19-21(3)33-15-14-20(2)18-33/h5-13,16-17,20-21,32,34-35H,1,14-15,18-19H2,2-4H3. The Kier molecular flexibility index (Phi) is 6.98. The zero-order chi connectivity index (χ0) is 26.1. The second-order valence-corrected chi connectivity index (χ2v) is 10.3. The molecule has 3 unspecified atom stereocenters. The largest absolute Gasteiger partial charge is 0.508 e. The van der Waals surface area contributed by atoms with Gasteiger partial charge in [-0.1, -0.05) is 37.8 Å². The minimum absolute atomic E-state index is 0.183. The first-order chi connectivity index (χ1) is 17.8. The molecule has 5 rings (SSSR count). The number of nitrogens with zero attached hydrogens (tertiary/aromatic N) is 1. The van der Waals surface area contributed by atoms with Gasteiger partial charge in [-0.15, -0.1) is 0 Å². The third-order valence-electron chi connectivity index (χ3n) is 7.58. The summed E-state index contributed by atoms with van der Waals surface area (Å²) in [6.45, 7) is 13.5. The lowest BCUT2D eigenvalue weighted by molar-refractivity contribution is 0.169. The Labute approximate surface area is 219 Å². The number of phenolic OH excluding ortho intramolecular Hbond substituents is 2. The number of hydrogen-bond donors (Lipinski definition) is 2. The van der Waals surface area contributed by atoms with Crippen molar-refractivity contribution in [1.82, 2.24) is 4.90 Å².